The lowest BCUT2D eigenvalue weighted by atomic mass is 10.0. The second-order valence-electron chi connectivity index (χ2n) is 4.27. The summed E-state index contributed by atoms with van der Waals surface area (Å²) in [6, 6.07) is -0.0365. The van der Waals surface area contributed by atoms with Crippen LogP contribution in [0.3, 0.4) is 0 Å². The minimum atomic E-state index is -3.31. The largest absolute Gasteiger partial charge is 0.329 e. The summed E-state index contributed by atoms with van der Waals surface area (Å²) < 4.78 is 27.7. The van der Waals surface area contributed by atoms with Crippen LogP contribution in [0.1, 0.15) is 27.2 Å². The SMILES string of the molecule is CCN(CC)S(=O)(=O)N1CCC(C)C1CN. The van der Waals surface area contributed by atoms with E-state index in [-0.39, 0.29) is 6.04 Å². The Balaban J connectivity index is 2.91. The monoisotopic (exact) mass is 249 g/mol. The summed E-state index contributed by atoms with van der Waals surface area (Å²) in [6.45, 7) is 7.82. The van der Waals surface area contributed by atoms with Crippen LogP contribution in [-0.2, 0) is 10.2 Å². The number of hydrogen-bond acceptors (Lipinski definition) is 3. The van der Waals surface area contributed by atoms with Crippen LogP contribution in [0.25, 0.3) is 0 Å². The molecule has 0 aromatic rings. The first kappa shape index (κ1) is 13.9. The van der Waals surface area contributed by atoms with Crippen molar-refractivity contribution < 1.29 is 8.42 Å². The standard InChI is InChI=1S/C10H23N3O2S/c1-4-12(5-2)16(14,15)13-7-6-9(3)10(13)8-11/h9-10H,4-8,11H2,1-3H3. The molecule has 1 heterocycles. The summed E-state index contributed by atoms with van der Waals surface area (Å²) in [5.41, 5.74) is 5.67. The zero-order chi connectivity index (χ0) is 12.3. The van der Waals surface area contributed by atoms with E-state index in [0.29, 0.717) is 32.1 Å². The van der Waals surface area contributed by atoms with Gasteiger partial charge in [0.15, 0.2) is 0 Å². The Morgan fingerprint density at radius 1 is 1.38 bits per heavy atom. The van der Waals surface area contributed by atoms with Gasteiger partial charge in [-0.3, -0.25) is 0 Å². The van der Waals surface area contributed by atoms with E-state index in [0.717, 1.165) is 6.42 Å². The third kappa shape index (κ3) is 2.40. The summed E-state index contributed by atoms with van der Waals surface area (Å²) in [6.07, 6.45) is 0.905. The molecule has 16 heavy (non-hydrogen) atoms. The summed E-state index contributed by atoms with van der Waals surface area (Å²) in [4.78, 5) is 0. The van der Waals surface area contributed by atoms with Crippen LogP contribution in [-0.4, -0.2) is 49.2 Å². The molecule has 0 aromatic carbocycles. The maximum Gasteiger partial charge on any atom is 0.282 e. The maximum atomic E-state index is 12.3. The highest BCUT2D eigenvalue weighted by Crippen LogP contribution is 2.27. The fraction of sp³-hybridized carbons (Fsp3) is 1.00. The molecule has 2 N–H and O–H groups in total. The molecule has 0 spiro atoms. The number of hydrogen-bond donors (Lipinski definition) is 1. The maximum absolute atomic E-state index is 12.3. The first-order chi connectivity index (χ1) is 7.48. The average molecular weight is 249 g/mol. The van der Waals surface area contributed by atoms with Crippen molar-refractivity contribution in [3.63, 3.8) is 0 Å². The Morgan fingerprint density at radius 3 is 2.38 bits per heavy atom. The van der Waals surface area contributed by atoms with Gasteiger partial charge in [-0.1, -0.05) is 20.8 Å². The quantitative estimate of drug-likeness (QED) is 0.759. The van der Waals surface area contributed by atoms with Crippen LogP contribution in [0.5, 0.6) is 0 Å². The van der Waals surface area contributed by atoms with Crippen molar-refractivity contribution in [2.75, 3.05) is 26.2 Å². The Labute approximate surface area is 98.8 Å². The summed E-state index contributed by atoms with van der Waals surface area (Å²) in [5.74, 6) is 0.357. The van der Waals surface area contributed by atoms with Crippen LogP contribution in [0.15, 0.2) is 0 Å². The molecule has 1 saturated heterocycles. The molecule has 6 heteroatoms. The molecule has 0 aromatic heterocycles. The van der Waals surface area contributed by atoms with Crippen molar-refractivity contribution in [2.24, 2.45) is 11.7 Å². The van der Waals surface area contributed by atoms with E-state index in [9.17, 15) is 8.42 Å². The van der Waals surface area contributed by atoms with E-state index in [1.807, 2.05) is 13.8 Å². The second-order valence-corrected chi connectivity index (χ2v) is 6.15. The van der Waals surface area contributed by atoms with Gasteiger partial charge in [-0.2, -0.15) is 17.0 Å². The van der Waals surface area contributed by atoms with Crippen LogP contribution in [0, 0.1) is 5.92 Å². The molecule has 2 unspecified atom stereocenters. The lowest BCUT2D eigenvalue weighted by Crippen LogP contribution is -2.49. The lowest BCUT2D eigenvalue weighted by molar-refractivity contribution is 0.316. The van der Waals surface area contributed by atoms with Gasteiger partial charge in [-0.15, -0.1) is 0 Å². The molecule has 96 valence electrons. The zero-order valence-corrected chi connectivity index (χ0v) is 11.2. The number of nitrogens with two attached hydrogens (primary N) is 1. The molecule has 1 aliphatic rings. The van der Waals surface area contributed by atoms with Gasteiger partial charge in [0.1, 0.15) is 0 Å². The summed E-state index contributed by atoms with van der Waals surface area (Å²) >= 11 is 0. The molecule has 2 atom stereocenters. The van der Waals surface area contributed by atoms with Gasteiger partial charge in [0.05, 0.1) is 0 Å². The minimum absolute atomic E-state index is 0.0365. The van der Waals surface area contributed by atoms with E-state index in [4.69, 9.17) is 5.73 Å². The average Bonchev–Trinajstić information content (AvgIpc) is 2.61. The van der Waals surface area contributed by atoms with Gasteiger partial charge in [0.2, 0.25) is 0 Å². The number of rotatable bonds is 5. The molecular formula is C10H23N3O2S. The van der Waals surface area contributed by atoms with Crippen molar-refractivity contribution in [1.82, 2.24) is 8.61 Å². The Kier molecular flexibility index (Phi) is 4.73. The summed E-state index contributed by atoms with van der Waals surface area (Å²) in [7, 11) is -3.31. The number of nitrogens with zero attached hydrogens (tertiary/aromatic N) is 2. The van der Waals surface area contributed by atoms with Gasteiger partial charge in [-0.25, -0.2) is 0 Å². The second kappa shape index (κ2) is 5.44. The fourth-order valence-corrected chi connectivity index (χ4v) is 4.23. The predicted octanol–water partition coefficient (Wildman–Crippen LogP) is 0.242. The van der Waals surface area contributed by atoms with Gasteiger partial charge >= 0.3 is 0 Å². The fourth-order valence-electron chi connectivity index (χ4n) is 2.31. The summed E-state index contributed by atoms with van der Waals surface area (Å²) in [5, 5.41) is 0. The Bertz CT molecular complexity index is 314. The van der Waals surface area contributed by atoms with Crippen molar-refractivity contribution in [3.05, 3.63) is 0 Å². The third-order valence-electron chi connectivity index (χ3n) is 3.40. The lowest BCUT2D eigenvalue weighted by Gasteiger charge is -2.30. The first-order valence-electron chi connectivity index (χ1n) is 5.96. The molecular weight excluding hydrogens is 226 g/mol. The van der Waals surface area contributed by atoms with Gasteiger partial charge in [-0.05, 0) is 12.3 Å². The van der Waals surface area contributed by atoms with E-state index in [2.05, 4.69) is 6.92 Å². The highest BCUT2D eigenvalue weighted by molar-refractivity contribution is 7.86. The van der Waals surface area contributed by atoms with Crippen molar-refractivity contribution >= 4 is 10.2 Å². The minimum Gasteiger partial charge on any atom is -0.329 e. The van der Waals surface area contributed by atoms with Crippen LogP contribution in [0.2, 0.25) is 0 Å². The van der Waals surface area contributed by atoms with Gasteiger partial charge < -0.3 is 5.73 Å². The first-order valence-corrected chi connectivity index (χ1v) is 7.35. The van der Waals surface area contributed by atoms with Crippen LogP contribution in [0.4, 0.5) is 0 Å². The molecule has 1 rings (SSSR count). The molecule has 0 saturated carbocycles. The van der Waals surface area contributed by atoms with Gasteiger partial charge in [0, 0.05) is 32.2 Å². The third-order valence-corrected chi connectivity index (χ3v) is 5.62. The zero-order valence-electron chi connectivity index (χ0n) is 10.4. The molecule has 1 fully saturated rings. The van der Waals surface area contributed by atoms with Gasteiger partial charge in [0.25, 0.3) is 10.2 Å². The topological polar surface area (TPSA) is 66.6 Å². The van der Waals surface area contributed by atoms with E-state index in [1.165, 1.54) is 4.31 Å². The Hall–Kier alpha value is -0.170. The van der Waals surface area contributed by atoms with Crippen molar-refractivity contribution in [2.45, 2.75) is 33.2 Å². The van der Waals surface area contributed by atoms with Crippen molar-refractivity contribution in [3.8, 4) is 0 Å². The molecule has 0 radical (unpaired) electrons. The van der Waals surface area contributed by atoms with E-state index < -0.39 is 10.2 Å². The highest BCUT2D eigenvalue weighted by atomic mass is 32.2. The van der Waals surface area contributed by atoms with Crippen molar-refractivity contribution in [1.29, 1.82) is 0 Å². The molecule has 0 amide bonds. The van der Waals surface area contributed by atoms with E-state index in [1.54, 1.807) is 4.31 Å². The normalized spacial score (nSPS) is 27.8. The van der Waals surface area contributed by atoms with E-state index >= 15 is 0 Å². The molecule has 0 bridgehead atoms. The highest BCUT2D eigenvalue weighted by Gasteiger charge is 2.39. The Morgan fingerprint density at radius 2 is 1.94 bits per heavy atom. The molecule has 1 aliphatic heterocycles. The predicted molar refractivity (Wildman–Crippen MR) is 65.2 cm³/mol. The smallest absolute Gasteiger partial charge is 0.282 e. The molecule has 5 nitrogen and oxygen atoms in total. The van der Waals surface area contributed by atoms with Crippen LogP contribution >= 0.6 is 0 Å². The van der Waals surface area contributed by atoms with Crippen LogP contribution < -0.4 is 5.73 Å². The molecule has 0 aliphatic carbocycles.